The van der Waals surface area contributed by atoms with E-state index in [9.17, 15) is 22.8 Å². The van der Waals surface area contributed by atoms with E-state index in [2.05, 4.69) is 26.6 Å². The third kappa shape index (κ3) is 7.10. The molecule has 3 heterocycles. The molecule has 1 aliphatic heterocycles. The molecule has 2 aromatic heterocycles. The molecule has 0 unspecified atom stereocenters. The van der Waals surface area contributed by atoms with Crippen molar-refractivity contribution in [2.24, 2.45) is 0 Å². The number of halogens is 3. The predicted octanol–water partition coefficient (Wildman–Crippen LogP) is 5.99. The van der Waals surface area contributed by atoms with Crippen LogP contribution in [0.5, 0.6) is 5.75 Å². The van der Waals surface area contributed by atoms with E-state index in [1.165, 1.54) is 35.2 Å². The second kappa shape index (κ2) is 11.8. The van der Waals surface area contributed by atoms with Crippen LogP contribution in [0.3, 0.4) is 0 Å². The summed E-state index contributed by atoms with van der Waals surface area (Å²) in [6, 6.07) is 8.59. The van der Waals surface area contributed by atoms with Gasteiger partial charge in [0.2, 0.25) is 0 Å². The smallest absolute Gasteiger partial charge is 0.406 e. The number of amides is 2. The van der Waals surface area contributed by atoms with E-state index in [4.69, 9.17) is 0 Å². The fourth-order valence-electron chi connectivity index (χ4n) is 3.85. The van der Waals surface area contributed by atoms with Crippen molar-refractivity contribution < 1.29 is 27.5 Å². The van der Waals surface area contributed by atoms with Crippen molar-refractivity contribution in [1.82, 2.24) is 14.9 Å². The Hall–Kier alpha value is -3.38. The van der Waals surface area contributed by atoms with Gasteiger partial charge in [-0.1, -0.05) is 12.1 Å². The number of anilines is 1. The summed E-state index contributed by atoms with van der Waals surface area (Å²) in [4.78, 5) is 36.3. The van der Waals surface area contributed by atoms with Crippen LogP contribution in [-0.4, -0.2) is 51.9 Å². The van der Waals surface area contributed by atoms with Gasteiger partial charge in [0.05, 0.1) is 10.6 Å². The number of hydrogen-bond donors (Lipinski definition) is 1. The second-order valence-corrected chi connectivity index (χ2v) is 10.0. The number of thioether (sulfide) groups is 1. The summed E-state index contributed by atoms with van der Waals surface area (Å²) in [5.74, 6) is -0.258. The van der Waals surface area contributed by atoms with Gasteiger partial charge >= 0.3 is 6.36 Å². The first-order valence-electron chi connectivity index (χ1n) is 11.3. The number of pyridine rings is 1. The number of carbonyl (C=O) groups is 2. The highest BCUT2D eigenvalue weighted by Crippen LogP contribution is 2.32. The molecule has 1 saturated heterocycles. The number of rotatable bonds is 8. The first-order chi connectivity index (χ1) is 17.7. The van der Waals surface area contributed by atoms with Crippen molar-refractivity contribution in [2.75, 3.05) is 24.2 Å². The van der Waals surface area contributed by atoms with Crippen LogP contribution < -0.4 is 10.1 Å². The minimum Gasteiger partial charge on any atom is -0.406 e. The van der Waals surface area contributed by atoms with Crippen LogP contribution in [0.25, 0.3) is 0 Å². The van der Waals surface area contributed by atoms with E-state index in [1.54, 1.807) is 29.8 Å². The van der Waals surface area contributed by atoms with Gasteiger partial charge in [0, 0.05) is 48.1 Å². The molecule has 1 aliphatic rings. The number of thiazole rings is 1. The van der Waals surface area contributed by atoms with Crippen LogP contribution >= 0.6 is 23.1 Å². The van der Waals surface area contributed by atoms with E-state index in [0.29, 0.717) is 42.3 Å². The van der Waals surface area contributed by atoms with Crippen LogP contribution in [-0.2, 0) is 0 Å². The molecule has 1 fully saturated rings. The second-order valence-electron chi connectivity index (χ2n) is 8.12. The average molecular weight is 549 g/mol. The van der Waals surface area contributed by atoms with E-state index >= 15 is 0 Å². The van der Waals surface area contributed by atoms with Gasteiger partial charge in [0.15, 0.2) is 0 Å². The maximum atomic E-state index is 13.1. The maximum absolute atomic E-state index is 13.1. The molecule has 2 amide bonds. The topological polar surface area (TPSA) is 84.4 Å². The lowest BCUT2D eigenvalue weighted by Crippen LogP contribution is -2.38. The minimum absolute atomic E-state index is 0.0611. The molecule has 7 nitrogen and oxygen atoms in total. The summed E-state index contributed by atoms with van der Waals surface area (Å²) >= 11 is 2.82. The highest BCUT2D eigenvalue weighted by molar-refractivity contribution is 7.99. The molecular formula is C25H23F3N4O3S2. The first kappa shape index (κ1) is 26.7. The quantitative estimate of drug-likeness (QED) is 0.275. The molecule has 0 spiro atoms. The van der Waals surface area contributed by atoms with Crippen molar-refractivity contribution in [3.63, 3.8) is 0 Å². The number of aromatic nitrogens is 2. The van der Waals surface area contributed by atoms with E-state index in [1.807, 2.05) is 4.90 Å². The van der Waals surface area contributed by atoms with Gasteiger partial charge in [-0.05, 0) is 37.1 Å². The molecule has 0 radical (unpaired) electrons. The predicted molar refractivity (Wildman–Crippen MR) is 136 cm³/mol. The molecule has 194 valence electrons. The van der Waals surface area contributed by atoms with Gasteiger partial charge < -0.3 is 15.0 Å². The molecular weight excluding hydrogens is 525 g/mol. The summed E-state index contributed by atoms with van der Waals surface area (Å²) in [6.07, 6.45) is 0.00913. The van der Waals surface area contributed by atoms with Crippen molar-refractivity contribution in [3.8, 4) is 5.75 Å². The van der Waals surface area contributed by atoms with Crippen LogP contribution in [0.2, 0.25) is 0 Å². The summed E-state index contributed by atoms with van der Waals surface area (Å²) in [6.45, 7) is 4.81. The summed E-state index contributed by atoms with van der Waals surface area (Å²) in [7, 11) is 0. The lowest BCUT2D eigenvalue weighted by Gasteiger charge is -2.31. The maximum Gasteiger partial charge on any atom is 0.573 e. The molecule has 1 aromatic carbocycles. The molecule has 0 saturated carbocycles. The van der Waals surface area contributed by atoms with Gasteiger partial charge in [0.1, 0.15) is 16.5 Å². The molecule has 4 rings (SSSR count). The summed E-state index contributed by atoms with van der Waals surface area (Å²) < 4.78 is 41.2. The average Bonchev–Trinajstić information content (AvgIpc) is 3.37. The number of nitrogens with one attached hydrogen (secondary N) is 1. The van der Waals surface area contributed by atoms with Crippen molar-refractivity contribution >= 4 is 40.6 Å². The van der Waals surface area contributed by atoms with Gasteiger partial charge in [-0.2, -0.15) is 0 Å². The standard InChI is InChI=1S/C25H23F3N4O3S2/c1-2-13-36-23-19(7-4-10-29-23)24(34)32-11-8-16(9-12-32)22-31-20(15-37-22)21(33)30-17-5-3-6-18(14-17)35-25(26,27)28/h2-7,10,14-16H,1,8-9,11-13H2,(H,30,33). The zero-order valence-electron chi connectivity index (χ0n) is 19.5. The monoisotopic (exact) mass is 548 g/mol. The Bertz CT molecular complexity index is 1270. The Morgan fingerprint density at radius 1 is 1.24 bits per heavy atom. The van der Waals surface area contributed by atoms with Crippen molar-refractivity contribution in [2.45, 2.75) is 30.1 Å². The Kier molecular flexibility index (Phi) is 8.49. The van der Waals surface area contributed by atoms with Gasteiger partial charge in [-0.15, -0.1) is 42.8 Å². The van der Waals surface area contributed by atoms with Gasteiger partial charge in [-0.25, -0.2) is 9.97 Å². The number of ether oxygens (including phenoxy) is 1. The zero-order chi connectivity index (χ0) is 26.4. The highest BCUT2D eigenvalue weighted by Gasteiger charge is 2.31. The Morgan fingerprint density at radius 2 is 2.03 bits per heavy atom. The molecule has 3 aromatic rings. The minimum atomic E-state index is -4.82. The Balaban J connectivity index is 1.34. The van der Waals surface area contributed by atoms with Crippen molar-refractivity contribution in [1.29, 1.82) is 0 Å². The normalized spacial score (nSPS) is 14.3. The molecule has 1 N–H and O–H groups in total. The number of carbonyl (C=O) groups excluding carboxylic acids is 2. The Labute approximate surface area is 219 Å². The number of piperidine rings is 1. The van der Waals surface area contributed by atoms with Crippen LogP contribution in [0.15, 0.2) is 65.7 Å². The largest absolute Gasteiger partial charge is 0.573 e. The number of benzene rings is 1. The highest BCUT2D eigenvalue weighted by atomic mass is 32.2. The fraction of sp³-hybridized carbons (Fsp3) is 0.280. The van der Waals surface area contributed by atoms with Crippen molar-refractivity contribution in [3.05, 3.63) is 76.9 Å². The number of nitrogens with zero attached hydrogens (tertiary/aromatic N) is 3. The molecule has 0 atom stereocenters. The summed E-state index contributed by atoms with van der Waals surface area (Å²) in [5, 5.41) is 5.64. The number of hydrogen-bond acceptors (Lipinski definition) is 7. The third-order valence-electron chi connectivity index (χ3n) is 5.55. The van der Waals surface area contributed by atoms with E-state index in [0.717, 1.165) is 17.1 Å². The lowest BCUT2D eigenvalue weighted by atomic mass is 9.97. The molecule has 37 heavy (non-hydrogen) atoms. The molecule has 0 bridgehead atoms. The van der Waals surface area contributed by atoms with E-state index < -0.39 is 18.0 Å². The number of alkyl halides is 3. The van der Waals surface area contributed by atoms with Crippen LogP contribution in [0.4, 0.5) is 18.9 Å². The SMILES string of the molecule is C=CCSc1ncccc1C(=O)N1CCC(c2nc(C(=O)Nc3cccc(OC(F)(F)F)c3)cs2)CC1. The molecule has 0 aliphatic carbocycles. The summed E-state index contributed by atoms with van der Waals surface area (Å²) in [5.41, 5.74) is 0.916. The van der Waals surface area contributed by atoms with Gasteiger partial charge in [0.25, 0.3) is 11.8 Å². The van der Waals surface area contributed by atoms with Crippen LogP contribution in [0.1, 0.15) is 44.6 Å². The number of likely N-dealkylation sites (tertiary alicyclic amines) is 1. The van der Waals surface area contributed by atoms with E-state index in [-0.39, 0.29) is 23.2 Å². The fourth-order valence-corrected chi connectivity index (χ4v) is 5.55. The Morgan fingerprint density at radius 3 is 2.76 bits per heavy atom. The third-order valence-corrected chi connectivity index (χ3v) is 7.56. The first-order valence-corrected chi connectivity index (χ1v) is 13.2. The van der Waals surface area contributed by atoms with Gasteiger partial charge in [-0.3, -0.25) is 9.59 Å². The molecule has 12 heteroatoms. The zero-order valence-corrected chi connectivity index (χ0v) is 21.2. The van der Waals surface area contributed by atoms with Crippen LogP contribution in [0, 0.1) is 0 Å². The lowest BCUT2D eigenvalue weighted by molar-refractivity contribution is -0.274.